The number of thiophene rings is 1. The van der Waals surface area contributed by atoms with E-state index < -0.39 is 0 Å². The van der Waals surface area contributed by atoms with Crippen LogP contribution < -0.4 is 21.1 Å². The minimum Gasteiger partial charge on any atom is -0.495 e. The molecule has 3 aromatic rings. The fourth-order valence-corrected chi connectivity index (χ4v) is 5.10. The molecule has 1 heterocycles. The molecular weight excluding hydrogens is 427 g/mol. The van der Waals surface area contributed by atoms with Gasteiger partial charge in [-0.15, -0.1) is 11.3 Å². The first kappa shape index (κ1) is 19.0. The molecule has 0 spiro atoms. The van der Waals surface area contributed by atoms with Gasteiger partial charge in [-0.25, -0.2) is 0 Å². The van der Waals surface area contributed by atoms with Gasteiger partial charge in [0.2, 0.25) is 0 Å². The van der Waals surface area contributed by atoms with Gasteiger partial charge in [0.1, 0.15) is 5.75 Å². The number of halogens is 1. The van der Waals surface area contributed by atoms with E-state index in [1.165, 1.54) is 5.30 Å². The molecule has 0 unspecified atom stereocenters. The summed E-state index contributed by atoms with van der Waals surface area (Å²) in [4.78, 5) is 0.990. The van der Waals surface area contributed by atoms with Crippen LogP contribution in [0.15, 0.2) is 40.9 Å². The number of ether oxygens (including phenoxy) is 1. The molecule has 2 aromatic carbocycles. The van der Waals surface area contributed by atoms with Crippen molar-refractivity contribution < 1.29 is 4.74 Å². The minimum atomic E-state index is -0.143. The summed E-state index contributed by atoms with van der Waals surface area (Å²) in [6, 6.07) is 12.2. The first-order valence-electron chi connectivity index (χ1n) is 8.06. The van der Waals surface area contributed by atoms with E-state index >= 15 is 0 Å². The monoisotopic (exact) mass is 446 g/mol. The molecule has 6 heteroatoms. The average Bonchev–Trinajstić information content (AvgIpc) is 2.96. The molecule has 134 valence electrons. The summed E-state index contributed by atoms with van der Waals surface area (Å²) in [5.41, 5.74) is 7.80. The van der Waals surface area contributed by atoms with Gasteiger partial charge < -0.3 is 15.8 Å². The first-order chi connectivity index (χ1) is 12.5. The Hall–Kier alpha value is -1.73. The van der Waals surface area contributed by atoms with Gasteiger partial charge >= 0.3 is 0 Å². The Morgan fingerprint density at radius 2 is 2.08 bits per heavy atom. The fourth-order valence-electron chi connectivity index (χ4n) is 2.56. The summed E-state index contributed by atoms with van der Waals surface area (Å²) in [7, 11) is 1.55. The highest BCUT2D eigenvalue weighted by molar-refractivity contribution is 9.10. The lowest BCUT2D eigenvalue weighted by atomic mass is 10.2. The highest BCUT2D eigenvalue weighted by Crippen LogP contribution is 2.38. The van der Waals surface area contributed by atoms with Gasteiger partial charge in [-0.1, -0.05) is 38.0 Å². The number of hydrogen-bond donors (Lipinski definition) is 2. The Bertz CT molecular complexity index is 1000. The lowest BCUT2D eigenvalue weighted by Gasteiger charge is -2.13. The van der Waals surface area contributed by atoms with Gasteiger partial charge in [-0.3, -0.25) is 0 Å². The zero-order valence-corrected chi connectivity index (χ0v) is 18.2. The number of hydrogen-bond acceptors (Lipinski definition) is 4. The standard InChI is InChI=1S/C20H20BrN2OPS/c1-24-17-12-13(25(2)3)9-10-16(17)23-11-5-8-18-19(21)14-6-4-7-15(22)20(14)26-18/h4,6-7,9-10,12,23H,11,22H2,1-3H3. The van der Waals surface area contributed by atoms with Crippen molar-refractivity contribution in [2.45, 2.75) is 0 Å². The van der Waals surface area contributed by atoms with Crippen molar-refractivity contribution in [2.75, 3.05) is 38.0 Å². The lowest BCUT2D eigenvalue weighted by Crippen LogP contribution is -2.05. The van der Waals surface area contributed by atoms with Crippen molar-refractivity contribution >= 4 is 62.0 Å². The number of anilines is 2. The molecule has 0 fully saturated rings. The van der Waals surface area contributed by atoms with Crippen molar-refractivity contribution in [3.05, 3.63) is 45.7 Å². The molecule has 3 nitrogen and oxygen atoms in total. The molecule has 0 aliphatic heterocycles. The minimum absolute atomic E-state index is 0.143. The van der Waals surface area contributed by atoms with Crippen LogP contribution in [0.5, 0.6) is 5.75 Å². The molecule has 0 atom stereocenters. The van der Waals surface area contributed by atoms with Gasteiger partial charge in [-0.2, -0.15) is 0 Å². The van der Waals surface area contributed by atoms with E-state index in [1.54, 1.807) is 18.4 Å². The van der Waals surface area contributed by atoms with Crippen LogP contribution >= 0.6 is 35.2 Å². The third-order valence-electron chi connectivity index (χ3n) is 3.96. The van der Waals surface area contributed by atoms with Crippen LogP contribution in [-0.4, -0.2) is 27.0 Å². The van der Waals surface area contributed by atoms with Crippen molar-refractivity contribution in [3.63, 3.8) is 0 Å². The number of rotatable bonds is 4. The Morgan fingerprint density at radius 1 is 1.27 bits per heavy atom. The molecular formula is C20H20BrN2OPS. The second kappa shape index (κ2) is 8.31. The zero-order valence-electron chi connectivity index (χ0n) is 14.9. The van der Waals surface area contributed by atoms with E-state index in [0.717, 1.165) is 36.6 Å². The molecule has 0 aliphatic rings. The molecule has 3 N–H and O–H groups in total. The number of nitrogens with one attached hydrogen (secondary N) is 1. The SMILES string of the molecule is COc1cc(P(C)C)ccc1NCC#Cc1sc2c(N)cccc2c1Br. The second-order valence-electron chi connectivity index (χ2n) is 5.90. The van der Waals surface area contributed by atoms with Crippen LogP contribution in [0.25, 0.3) is 10.1 Å². The van der Waals surface area contributed by atoms with Gasteiger partial charge in [-0.05, 0) is 52.8 Å². The van der Waals surface area contributed by atoms with Gasteiger partial charge in [0.05, 0.1) is 33.4 Å². The molecule has 26 heavy (non-hydrogen) atoms. The second-order valence-corrected chi connectivity index (χ2v) is 10.0. The molecule has 0 radical (unpaired) electrons. The summed E-state index contributed by atoms with van der Waals surface area (Å²) in [5, 5.41) is 5.77. The van der Waals surface area contributed by atoms with Crippen molar-refractivity contribution in [1.82, 2.24) is 0 Å². The number of nitrogen functional groups attached to an aromatic ring is 1. The predicted octanol–water partition coefficient (Wildman–Crippen LogP) is 5.09. The van der Waals surface area contributed by atoms with E-state index in [-0.39, 0.29) is 7.92 Å². The van der Waals surface area contributed by atoms with Crippen LogP contribution in [-0.2, 0) is 0 Å². The van der Waals surface area contributed by atoms with Gasteiger partial charge in [0, 0.05) is 11.1 Å². The summed E-state index contributed by atoms with van der Waals surface area (Å²) in [6.45, 7) is 5.01. The first-order valence-corrected chi connectivity index (χ1v) is 11.9. The molecule has 0 aliphatic carbocycles. The van der Waals surface area contributed by atoms with E-state index in [4.69, 9.17) is 10.5 Å². The summed E-state index contributed by atoms with van der Waals surface area (Å²) < 4.78 is 7.59. The van der Waals surface area contributed by atoms with Crippen LogP contribution in [0.4, 0.5) is 11.4 Å². The maximum atomic E-state index is 6.05. The van der Waals surface area contributed by atoms with Crippen LogP contribution in [0, 0.1) is 11.8 Å². The summed E-state index contributed by atoms with van der Waals surface area (Å²) in [5.74, 6) is 7.28. The molecule has 3 rings (SSSR count). The van der Waals surface area contributed by atoms with Crippen LogP contribution in [0.3, 0.4) is 0 Å². The van der Waals surface area contributed by atoms with Crippen LogP contribution in [0.1, 0.15) is 4.88 Å². The third kappa shape index (κ3) is 3.99. The highest BCUT2D eigenvalue weighted by Gasteiger charge is 2.10. The normalized spacial score (nSPS) is 10.7. The molecule has 0 amide bonds. The summed E-state index contributed by atoms with van der Waals surface area (Å²) >= 11 is 5.25. The topological polar surface area (TPSA) is 47.3 Å². The molecule has 0 bridgehead atoms. The quantitative estimate of drug-likeness (QED) is 0.333. The number of methoxy groups -OCH3 is 1. The van der Waals surface area contributed by atoms with E-state index in [0.29, 0.717) is 6.54 Å². The van der Waals surface area contributed by atoms with Crippen molar-refractivity contribution in [2.24, 2.45) is 0 Å². The third-order valence-corrected chi connectivity index (χ3v) is 7.52. The Labute approximate surface area is 167 Å². The van der Waals surface area contributed by atoms with E-state index in [9.17, 15) is 0 Å². The van der Waals surface area contributed by atoms with E-state index in [2.05, 4.69) is 70.7 Å². The smallest absolute Gasteiger partial charge is 0.142 e. The summed E-state index contributed by atoms with van der Waals surface area (Å²) in [6.07, 6.45) is 0. The lowest BCUT2D eigenvalue weighted by molar-refractivity contribution is 0.417. The number of nitrogens with two attached hydrogens (primary N) is 1. The number of fused-ring (bicyclic) bond motifs is 1. The predicted molar refractivity (Wildman–Crippen MR) is 121 cm³/mol. The fraction of sp³-hybridized carbons (Fsp3) is 0.200. The Morgan fingerprint density at radius 3 is 2.77 bits per heavy atom. The Kier molecular flexibility index (Phi) is 6.09. The molecule has 1 aromatic heterocycles. The highest BCUT2D eigenvalue weighted by atomic mass is 79.9. The number of benzene rings is 2. The maximum absolute atomic E-state index is 6.05. The van der Waals surface area contributed by atoms with E-state index in [1.807, 2.05) is 12.1 Å². The zero-order chi connectivity index (χ0) is 18.7. The van der Waals surface area contributed by atoms with Gasteiger partial charge in [0.25, 0.3) is 0 Å². The van der Waals surface area contributed by atoms with Crippen LogP contribution in [0.2, 0.25) is 0 Å². The molecule has 0 saturated carbocycles. The largest absolute Gasteiger partial charge is 0.495 e. The maximum Gasteiger partial charge on any atom is 0.142 e. The van der Waals surface area contributed by atoms with Crippen molar-refractivity contribution in [3.8, 4) is 17.6 Å². The van der Waals surface area contributed by atoms with Crippen molar-refractivity contribution in [1.29, 1.82) is 0 Å². The molecule has 0 saturated heterocycles. The Balaban J connectivity index is 1.76. The average molecular weight is 447 g/mol. The van der Waals surface area contributed by atoms with Gasteiger partial charge in [0.15, 0.2) is 0 Å².